The van der Waals surface area contributed by atoms with E-state index in [0.29, 0.717) is 0 Å². The van der Waals surface area contributed by atoms with Crippen molar-refractivity contribution in [1.29, 1.82) is 0 Å². The van der Waals surface area contributed by atoms with Gasteiger partial charge in [0.1, 0.15) is 0 Å². The van der Waals surface area contributed by atoms with Crippen molar-refractivity contribution < 1.29 is 0 Å². The molecular weight excluding hydrogens is 537 g/mol. The van der Waals surface area contributed by atoms with E-state index in [2.05, 4.69) is 157 Å². The number of hydrogen-bond donors (Lipinski definition) is 0. The molecule has 5 aromatic carbocycles. The van der Waals surface area contributed by atoms with Crippen LogP contribution in [0.15, 0.2) is 126 Å². The smallest absolute Gasteiger partial charge is 0.0999 e. The van der Waals surface area contributed by atoms with Crippen LogP contribution in [-0.2, 0) is 0 Å². The Balaban J connectivity index is 1.68. The third-order valence-electron chi connectivity index (χ3n) is 7.76. The van der Waals surface area contributed by atoms with Gasteiger partial charge in [0.2, 0.25) is 0 Å². The number of rotatable bonds is 6. The Morgan fingerprint density at radius 1 is 0.439 bits per heavy atom. The number of aryl methyl sites for hydroxylation is 3. The maximum absolute atomic E-state index is 2.45. The number of thiophene rings is 2. The maximum Gasteiger partial charge on any atom is 0.0999 e. The van der Waals surface area contributed by atoms with Gasteiger partial charge in [-0.15, -0.1) is 22.7 Å². The monoisotopic (exact) mass is 566 g/mol. The molecular formula is C37H30N2S2. The summed E-state index contributed by atoms with van der Waals surface area (Å²) in [6, 6.07) is 42.0. The van der Waals surface area contributed by atoms with Crippen LogP contribution in [0, 0.1) is 20.8 Å². The Bertz CT molecular complexity index is 1960. The van der Waals surface area contributed by atoms with Crippen LogP contribution in [0.25, 0.3) is 21.5 Å². The van der Waals surface area contributed by atoms with Gasteiger partial charge in [0, 0.05) is 32.9 Å². The van der Waals surface area contributed by atoms with Gasteiger partial charge in [-0.25, -0.2) is 0 Å². The molecule has 0 amide bonds. The van der Waals surface area contributed by atoms with Gasteiger partial charge in [0.05, 0.1) is 21.4 Å². The number of anilines is 6. The number of fused-ring (bicyclic) bond motifs is 2. The fourth-order valence-electron chi connectivity index (χ4n) is 5.72. The summed E-state index contributed by atoms with van der Waals surface area (Å²) in [7, 11) is 0. The van der Waals surface area contributed by atoms with E-state index in [1.54, 1.807) is 22.7 Å². The molecule has 7 rings (SSSR count). The summed E-state index contributed by atoms with van der Waals surface area (Å²) in [4.78, 5) is 4.90. The highest BCUT2D eigenvalue weighted by molar-refractivity contribution is 7.14. The summed E-state index contributed by atoms with van der Waals surface area (Å²) in [5.41, 5.74) is 8.57. The summed E-state index contributed by atoms with van der Waals surface area (Å²) in [6.07, 6.45) is 0. The molecule has 0 bridgehead atoms. The summed E-state index contributed by atoms with van der Waals surface area (Å²) in [5.74, 6) is 0. The van der Waals surface area contributed by atoms with Crippen LogP contribution < -0.4 is 9.80 Å². The lowest BCUT2D eigenvalue weighted by Crippen LogP contribution is -2.13. The average molecular weight is 567 g/mol. The lowest BCUT2D eigenvalue weighted by atomic mass is 9.92. The van der Waals surface area contributed by atoms with Gasteiger partial charge in [-0.05, 0) is 109 Å². The highest BCUT2D eigenvalue weighted by Gasteiger charge is 2.26. The van der Waals surface area contributed by atoms with E-state index in [9.17, 15) is 0 Å². The first-order chi connectivity index (χ1) is 20.1. The molecule has 0 aliphatic heterocycles. The minimum absolute atomic E-state index is 1.15. The standard InChI is InChI=1S/C37H30N2S2/c1-25-18-19-30-31(22-25)37(39(35-17-11-21-41-35)29-14-8-5-9-15-29)33-24-27(3)26(2)23-32(33)36(30)38(34-16-10-20-40-34)28-12-6-4-7-13-28/h4-24H,1-3H3. The topological polar surface area (TPSA) is 6.48 Å². The second kappa shape index (κ2) is 10.5. The Morgan fingerprint density at radius 3 is 1.37 bits per heavy atom. The van der Waals surface area contributed by atoms with Crippen molar-refractivity contribution in [2.45, 2.75) is 20.8 Å². The van der Waals surface area contributed by atoms with Crippen LogP contribution in [0.4, 0.5) is 32.8 Å². The maximum atomic E-state index is 2.45. The first-order valence-corrected chi connectivity index (χ1v) is 15.6. The van der Waals surface area contributed by atoms with Crippen LogP contribution in [-0.4, -0.2) is 0 Å². The Hall–Kier alpha value is -4.38. The zero-order valence-electron chi connectivity index (χ0n) is 23.3. The van der Waals surface area contributed by atoms with Gasteiger partial charge < -0.3 is 9.80 Å². The molecule has 0 atom stereocenters. The molecule has 200 valence electrons. The molecule has 0 saturated heterocycles. The molecule has 0 unspecified atom stereocenters. The Kier molecular flexibility index (Phi) is 6.58. The normalized spacial score (nSPS) is 11.3. The molecule has 41 heavy (non-hydrogen) atoms. The van der Waals surface area contributed by atoms with Crippen LogP contribution in [0.5, 0.6) is 0 Å². The molecule has 0 aliphatic carbocycles. The number of para-hydroxylation sites is 2. The zero-order chi connectivity index (χ0) is 27.9. The number of hydrogen-bond acceptors (Lipinski definition) is 4. The van der Waals surface area contributed by atoms with E-state index in [0.717, 1.165) is 11.4 Å². The van der Waals surface area contributed by atoms with Gasteiger partial charge in [-0.3, -0.25) is 0 Å². The first kappa shape index (κ1) is 25.6. The summed E-state index contributed by atoms with van der Waals surface area (Å²) in [5, 5.41) is 11.7. The van der Waals surface area contributed by atoms with E-state index < -0.39 is 0 Å². The first-order valence-electron chi connectivity index (χ1n) is 13.8. The predicted molar refractivity (Wildman–Crippen MR) is 181 cm³/mol. The van der Waals surface area contributed by atoms with E-state index in [-0.39, 0.29) is 0 Å². The van der Waals surface area contributed by atoms with Crippen molar-refractivity contribution in [2.75, 3.05) is 9.80 Å². The second-order valence-electron chi connectivity index (χ2n) is 10.5. The fraction of sp³-hybridized carbons (Fsp3) is 0.0811. The summed E-state index contributed by atoms with van der Waals surface area (Å²) in [6.45, 7) is 6.65. The van der Waals surface area contributed by atoms with Crippen molar-refractivity contribution in [1.82, 2.24) is 0 Å². The van der Waals surface area contributed by atoms with Crippen LogP contribution in [0.1, 0.15) is 16.7 Å². The predicted octanol–water partition coefficient (Wildman–Crippen LogP) is 12.0. The van der Waals surface area contributed by atoms with Crippen LogP contribution in [0.3, 0.4) is 0 Å². The zero-order valence-corrected chi connectivity index (χ0v) is 25.0. The quantitative estimate of drug-likeness (QED) is 0.146. The highest BCUT2D eigenvalue weighted by atomic mass is 32.1. The molecule has 4 heteroatoms. The van der Waals surface area contributed by atoms with Gasteiger partial charge >= 0.3 is 0 Å². The fourth-order valence-corrected chi connectivity index (χ4v) is 7.23. The summed E-state index contributed by atoms with van der Waals surface area (Å²) < 4.78 is 0. The van der Waals surface area contributed by atoms with E-state index >= 15 is 0 Å². The minimum Gasteiger partial charge on any atom is -0.301 e. The third kappa shape index (κ3) is 4.50. The molecule has 2 aromatic heterocycles. The van der Waals surface area contributed by atoms with E-state index in [1.807, 2.05) is 0 Å². The Morgan fingerprint density at radius 2 is 0.902 bits per heavy atom. The summed E-state index contributed by atoms with van der Waals surface area (Å²) >= 11 is 3.54. The SMILES string of the molecule is Cc1ccc2c(N(c3ccccc3)c3cccs3)c3cc(C)c(C)cc3c(N(c3ccccc3)c3cccs3)c2c1. The third-order valence-corrected chi connectivity index (χ3v) is 9.47. The minimum atomic E-state index is 1.15. The molecule has 0 aliphatic rings. The highest BCUT2D eigenvalue weighted by Crippen LogP contribution is 2.52. The number of nitrogens with zero attached hydrogens (tertiary/aromatic N) is 2. The molecule has 0 N–H and O–H groups in total. The van der Waals surface area contributed by atoms with Crippen LogP contribution >= 0.6 is 22.7 Å². The van der Waals surface area contributed by atoms with Crippen LogP contribution in [0.2, 0.25) is 0 Å². The molecule has 0 spiro atoms. The lowest BCUT2D eigenvalue weighted by molar-refractivity contribution is 1.31. The van der Waals surface area contributed by atoms with Gasteiger partial charge in [0.15, 0.2) is 0 Å². The van der Waals surface area contributed by atoms with Crippen molar-refractivity contribution >= 4 is 77.0 Å². The van der Waals surface area contributed by atoms with Gasteiger partial charge in [-0.1, -0.05) is 54.1 Å². The second-order valence-corrected chi connectivity index (χ2v) is 12.3. The average Bonchev–Trinajstić information content (AvgIpc) is 3.72. The number of benzene rings is 5. The molecule has 2 heterocycles. The molecule has 0 fully saturated rings. The van der Waals surface area contributed by atoms with Crippen molar-refractivity contribution in [3.05, 3.63) is 143 Å². The van der Waals surface area contributed by atoms with Crippen molar-refractivity contribution in [2.24, 2.45) is 0 Å². The van der Waals surface area contributed by atoms with Crippen molar-refractivity contribution in [3.63, 3.8) is 0 Å². The largest absolute Gasteiger partial charge is 0.301 e. The van der Waals surface area contributed by atoms with E-state index in [4.69, 9.17) is 0 Å². The Labute approximate surface area is 249 Å². The molecule has 0 saturated carbocycles. The molecule has 0 radical (unpaired) electrons. The van der Waals surface area contributed by atoms with Gasteiger partial charge in [0.25, 0.3) is 0 Å². The van der Waals surface area contributed by atoms with E-state index in [1.165, 1.54) is 59.6 Å². The van der Waals surface area contributed by atoms with Crippen molar-refractivity contribution in [3.8, 4) is 0 Å². The molecule has 2 nitrogen and oxygen atoms in total. The molecule has 7 aromatic rings. The lowest BCUT2D eigenvalue weighted by Gasteiger charge is -2.32. The van der Waals surface area contributed by atoms with Gasteiger partial charge in [-0.2, -0.15) is 0 Å².